The van der Waals surface area contributed by atoms with Gasteiger partial charge in [0, 0.05) is 37.7 Å². The fraction of sp³-hybridized carbons (Fsp3) is 0.476. The summed E-state index contributed by atoms with van der Waals surface area (Å²) < 4.78 is 7.65. The highest BCUT2D eigenvalue weighted by molar-refractivity contribution is 5.95. The Morgan fingerprint density at radius 3 is 2.89 bits per heavy atom. The number of amides is 1. The van der Waals surface area contributed by atoms with Crippen molar-refractivity contribution in [1.29, 1.82) is 0 Å². The largest absolute Gasteiger partial charge is 0.372 e. The SMILES string of the molecule is CCn1c(C)cc(C)c(C(=O)N2CCC[C@H](OCc3cccnc3)C2)c1=O. The Hall–Kier alpha value is -2.47. The summed E-state index contributed by atoms with van der Waals surface area (Å²) in [5.41, 5.74) is 2.73. The van der Waals surface area contributed by atoms with E-state index in [9.17, 15) is 9.59 Å². The first-order valence-electron chi connectivity index (χ1n) is 9.52. The fourth-order valence-corrected chi connectivity index (χ4v) is 3.69. The lowest BCUT2D eigenvalue weighted by atomic mass is 10.0. The van der Waals surface area contributed by atoms with E-state index in [1.165, 1.54) is 0 Å². The Labute approximate surface area is 159 Å². The third kappa shape index (κ3) is 4.27. The molecule has 0 radical (unpaired) electrons. The molecule has 0 bridgehead atoms. The van der Waals surface area contributed by atoms with Gasteiger partial charge in [-0.2, -0.15) is 0 Å². The summed E-state index contributed by atoms with van der Waals surface area (Å²) in [6.45, 7) is 7.86. The van der Waals surface area contributed by atoms with Crippen molar-refractivity contribution in [1.82, 2.24) is 14.5 Å². The molecule has 1 atom stereocenters. The normalized spacial score (nSPS) is 17.1. The molecule has 27 heavy (non-hydrogen) atoms. The molecule has 1 aliphatic rings. The quantitative estimate of drug-likeness (QED) is 0.813. The van der Waals surface area contributed by atoms with E-state index >= 15 is 0 Å². The molecule has 144 valence electrons. The summed E-state index contributed by atoms with van der Waals surface area (Å²) in [7, 11) is 0. The van der Waals surface area contributed by atoms with E-state index in [1.54, 1.807) is 21.9 Å². The van der Waals surface area contributed by atoms with Crippen molar-refractivity contribution < 1.29 is 9.53 Å². The number of hydrogen-bond donors (Lipinski definition) is 0. The molecule has 1 amide bonds. The lowest BCUT2D eigenvalue weighted by molar-refractivity contribution is -0.00690. The van der Waals surface area contributed by atoms with Crippen LogP contribution in [0.3, 0.4) is 0 Å². The van der Waals surface area contributed by atoms with Crippen molar-refractivity contribution in [3.05, 3.63) is 63.3 Å². The molecule has 2 aromatic heterocycles. The van der Waals surface area contributed by atoms with Crippen LogP contribution in [0, 0.1) is 13.8 Å². The molecule has 0 aliphatic carbocycles. The van der Waals surface area contributed by atoms with Crippen LogP contribution in [0.15, 0.2) is 35.4 Å². The molecule has 1 saturated heterocycles. The topological polar surface area (TPSA) is 64.4 Å². The van der Waals surface area contributed by atoms with Gasteiger partial charge in [-0.05, 0) is 56.9 Å². The highest BCUT2D eigenvalue weighted by Gasteiger charge is 2.28. The zero-order chi connectivity index (χ0) is 19.4. The summed E-state index contributed by atoms with van der Waals surface area (Å²) >= 11 is 0. The van der Waals surface area contributed by atoms with Gasteiger partial charge in [0.05, 0.1) is 12.7 Å². The van der Waals surface area contributed by atoms with Crippen molar-refractivity contribution in [3.8, 4) is 0 Å². The lowest BCUT2D eigenvalue weighted by Crippen LogP contribution is -2.45. The van der Waals surface area contributed by atoms with Gasteiger partial charge >= 0.3 is 0 Å². The monoisotopic (exact) mass is 369 g/mol. The molecule has 0 N–H and O–H groups in total. The Kier molecular flexibility index (Phi) is 6.06. The van der Waals surface area contributed by atoms with Crippen molar-refractivity contribution in [3.63, 3.8) is 0 Å². The Bertz CT molecular complexity index is 861. The Balaban J connectivity index is 1.73. The van der Waals surface area contributed by atoms with E-state index in [1.807, 2.05) is 39.0 Å². The second-order valence-corrected chi connectivity index (χ2v) is 7.08. The van der Waals surface area contributed by atoms with Crippen molar-refractivity contribution in [2.24, 2.45) is 0 Å². The van der Waals surface area contributed by atoms with Crippen LogP contribution in [0.2, 0.25) is 0 Å². The Morgan fingerprint density at radius 2 is 2.19 bits per heavy atom. The van der Waals surface area contributed by atoms with Crippen molar-refractivity contribution in [2.75, 3.05) is 13.1 Å². The number of rotatable bonds is 5. The number of pyridine rings is 2. The molecule has 2 aromatic rings. The maximum atomic E-state index is 13.1. The molecule has 0 spiro atoms. The van der Waals surface area contributed by atoms with Crippen LogP contribution in [0.5, 0.6) is 0 Å². The van der Waals surface area contributed by atoms with Crippen molar-refractivity contribution >= 4 is 5.91 Å². The number of aromatic nitrogens is 2. The number of aryl methyl sites for hydroxylation is 2. The average Bonchev–Trinajstić information content (AvgIpc) is 2.67. The molecule has 0 saturated carbocycles. The van der Waals surface area contributed by atoms with Crippen LogP contribution in [-0.2, 0) is 17.9 Å². The van der Waals surface area contributed by atoms with Gasteiger partial charge < -0.3 is 14.2 Å². The second-order valence-electron chi connectivity index (χ2n) is 7.08. The van der Waals surface area contributed by atoms with Crippen LogP contribution < -0.4 is 5.56 Å². The summed E-state index contributed by atoms with van der Waals surface area (Å²) in [5, 5.41) is 0. The maximum Gasteiger partial charge on any atom is 0.263 e. The first-order chi connectivity index (χ1) is 13.0. The van der Waals surface area contributed by atoms with Crippen LogP contribution in [0.1, 0.15) is 46.9 Å². The van der Waals surface area contributed by atoms with Crippen molar-refractivity contribution in [2.45, 2.75) is 52.9 Å². The predicted molar refractivity (Wildman–Crippen MR) is 104 cm³/mol. The molecule has 1 aliphatic heterocycles. The Morgan fingerprint density at radius 1 is 1.37 bits per heavy atom. The number of piperidine rings is 1. The standard InChI is InChI=1S/C21H27N3O3/c1-4-24-16(3)11-15(2)19(21(24)26)20(25)23-10-6-8-18(13-23)27-14-17-7-5-9-22-12-17/h5,7,9,11-12,18H,4,6,8,10,13-14H2,1-3H3/t18-/m0/s1. The molecule has 0 aromatic carbocycles. The van der Waals surface area contributed by atoms with Crippen LogP contribution in [0.25, 0.3) is 0 Å². The van der Waals surface area contributed by atoms with Gasteiger partial charge in [0.1, 0.15) is 5.56 Å². The van der Waals surface area contributed by atoms with E-state index in [-0.39, 0.29) is 23.1 Å². The molecule has 6 heteroatoms. The van der Waals surface area contributed by atoms with Crippen LogP contribution in [0.4, 0.5) is 0 Å². The van der Waals surface area contributed by atoms with Gasteiger partial charge in [-0.15, -0.1) is 0 Å². The average molecular weight is 369 g/mol. The highest BCUT2D eigenvalue weighted by Crippen LogP contribution is 2.18. The minimum absolute atomic E-state index is 0.0259. The van der Waals surface area contributed by atoms with Gasteiger partial charge in [-0.3, -0.25) is 14.6 Å². The summed E-state index contributed by atoms with van der Waals surface area (Å²) in [6.07, 6.45) is 5.28. The molecular weight excluding hydrogens is 342 g/mol. The van der Waals surface area contributed by atoms with E-state index in [4.69, 9.17) is 4.74 Å². The third-order valence-electron chi connectivity index (χ3n) is 5.11. The predicted octanol–water partition coefficient (Wildman–Crippen LogP) is 2.70. The number of likely N-dealkylation sites (tertiary alicyclic amines) is 1. The number of hydrogen-bond acceptors (Lipinski definition) is 4. The van der Waals surface area contributed by atoms with Gasteiger partial charge in [0.2, 0.25) is 0 Å². The van der Waals surface area contributed by atoms with Gasteiger partial charge in [0.25, 0.3) is 11.5 Å². The van der Waals surface area contributed by atoms with E-state index in [2.05, 4.69) is 4.98 Å². The molecule has 3 heterocycles. The molecule has 0 unspecified atom stereocenters. The van der Waals surface area contributed by atoms with E-state index in [0.29, 0.717) is 26.2 Å². The zero-order valence-corrected chi connectivity index (χ0v) is 16.3. The number of ether oxygens (including phenoxy) is 1. The highest BCUT2D eigenvalue weighted by atomic mass is 16.5. The fourth-order valence-electron chi connectivity index (χ4n) is 3.69. The minimum Gasteiger partial charge on any atom is -0.372 e. The van der Waals surface area contributed by atoms with E-state index in [0.717, 1.165) is 29.7 Å². The molecular formula is C21H27N3O3. The summed E-state index contributed by atoms with van der Waals surface area (Å²) in [6, 6.07) is 5.77. The zero-order valence-electron chi connectivity index (χ0n) is 16.3. The minimum atomic E-state index is -0.196. The summed E-state index contributed by atoms with van der Waals surface area (Å²) in [4.78, 5) is 31.7. The smallest absolute Gasteiger partial charge is 0.263 e. The lowest BCUT2D eigenvalue weighted by Gasteiger charge is -2.33. The van der Waals surface area contributed by atoms with Crippen LogP contribution >= 0.6 is 0 Å². The van der Waals surface area contributed by atoms with Gasteiger partial charge in [0.15, 0.2) is 0 Å². The second kappa shape index (κ2) is 8.48. The third-order valence-corrected chi connectivity index (χ3v) is 5.11. The first-order valence-corrected chi connectivity index (χ1v) is 9.52. The number of carbonyl (C=O) groups is 1. The van der Waals surface area contributed by atoms with E-state index < -0.39 is 0 Å². The number of nitrogens with zero attached hydrogens (tertiary/aromatic N) is 3. The number of carbonyl (C=O) groups excluding carboxylic acids is 1. The summed E-state index contributed by atoms with van der Waals surface area (Å²) in [5.74, 6) is -0.186. The maximum absolute atomic E-state index is 13.1. The van der Waals surface area contributed by atoms with Gasteiger partial charge in [-0.1, -0.05) is 6.07 Å². The van der Waals surface area contributed by atoms with Crippen LogP contribution in [-0.4, -0.2) is 39.6 Å². The first kappa shape index (κ1) is 19.3. The molecule has 3 rings (SSSR count). The molecule has 6 nitrogen and oxygen atoms in total. The van der Waals surface area contributed by atoms with Gasteiger partial charge in [-0.25, -0.2) is 0 Å². The molecule has 1 fully saturated rings.